The number of rotatable bonds is 3. The second-order valence-corrected chi connectivity index (χ2v) is 13.9. The number of benzene rings is 9. The van der Waals surface area contributed by atoms with Gasteiger partial charge in [-0.2, -0.15) is 0 Å². The lowest BCUT2D eigenvalue weighted by atomic mass is 9.84. The van der Waals surface area contributed by atoms with Crippen LogP contribution in [0.1, 0.15) is 0 Å². The molecule has 0 saturated carbocycles. The minimum absolute atomic E-state index is 0.872. The summed E-state index contributed by atoms with van der Waals surface area (Å²) in [6.45, 7) is 0. The molecule has 0 bridgehead atoms. The van der Waals surface area contributed by atoms with Gasteiger partial charge in [0.2, 0.25) is 0 Å². The van der Waals surface area contributed by atoms with Crippen LogP contribution in [0.3, 0.4) is 0 Å². The van der Waals surface area contributed by atoms with Gasteiger partial charge in [0, 0.05) is 37.9 Å². The van der Waals surface area contributed by atoms with Gasteiger partial charge in [-0.1, -0.05) is 121 Å². The molecule has 0 atom stereocenters. The van der Waals surface area contributed by atoms with Crippen LogP contribution < -0.4 is 0 Å². The molecule has 0 N–H and O–H groups in total. The zero-order valence-corrected chi connectivity index (χ0v) is 28.4. The third kappa shape index (κ3) is 4.05. The Hall–Kier alpha value is -7.10. The number of para-hydroxylation sites is 3. The Labute approximate surface area is 302 Å². The average Bonchev–Trinajstić information content (AvgIpc) is 3.91. The van der Waals surface area contributed by atoms with Gasteiger partial charge in [-0.05, 0) is 97.9 Å². The zero-order chi connectivity index (χ0) is 34.6. The van der Waals surface area contributed by atoms with Crippen LogP contribution in [0.4, 0.5) is 0 Å². The lowest BCUT2D eigenvalue weighted by Crippen LogP contribution is -1.92. The smallest absolute Gasteiger partial charge is 0.143 e. The van der Waals surface area contributed by atoms with Crippen molar-refractivity contribution in [2.75, 3.05) is 0 Å². The van der Waals surface area contributed by atoms with E-state index < -0.39 is 0 Å². The van der Waals surface area contributed by atoms with Gasteiger partial charge >= 0.3 is 0 Å². The molecule has 246 valence electrons. The number of hydrogen-bond donors (Lipinski definition) is 0. The van der Waals surface area contributed by atoms with Crippen molar-refractivity contribution in [2.24, 2.45) is 0 Å². The van der Waals surface area contributed by atoms with E-state index in [9.17, 15) is 0 Å². The van der Waals surface area contributed by atoms with E-state index in [-0.39, 0.29) is 0 Å². The van der Waals surface area contributed by atoms with E-state index in [4.69, 9.17) is 13.3 Å². The maximum absolute atomic E-state index is 6.83. The molecule has 9 aromatic carbocycles. The normalized spacial score (nSPS) is 12.2. The molecular weight excluding hydrogens is 649 g/mol. The van der Waals surface area contributed by atoms with Crippen molar-refractivity contribution in [1.29, 1.82) is 0 Å². The van der Waals surface area contributed by atoms with Crippen molar-refractivity contribution < 1.29 is 13.3 Å². The highest BCUT2D eigenvalue weighted by Gasteiger charge is 2.23. The molecule has 0 radical (unpaired) electrons. The van der Waals surface area contributed by atoms with Crippen LogP contribution in [0.25, 0.3) is 121 Å². The third-order valence-electron chi connectivity index (χ3n) is 11.1. The minimum Gasteiger partial charge on any atom is -0.456 e. The van der Waals surface area contributed by atoms with E-state index in [0.717, 1.165) is 82.5 Å². The molecule has 0 aliphatic rings. The molecule has 0 unspecified atom stereocenters. The lowest BCUT2D eigenvalue weighted by molar-refractivity contribution is 0.668. The summed E-state index contributed by atoms with van der Waals surface area (Å²) in [7, 11) is 0. The minimum atomic E-state index is 0.872. The SMILES string of the molecule is c1ccc2c(c1)oc1ccc(-c3c4ccccc4c(-c4ccc(-c5ccc6oc7ccccc7c6c5)c5oc6ccccc6c45)c4ccccc34)cc12. The van der Waals surface area contributed by atoms with Gasteiger partial charge < -0.3 is 13.3 Å². The van der Waals surface area contributed by atoms with E-state index >= 15 is 0 Å². The fraction of sp³-hybridized carbons (Fsp3) is 0. The van der Waals surface area contributed by atoms with Crippen molar-refractivity contribution in [2.45, 2.75) is 0 Å². The first-order chi connectivity index (χ1) is 26.3. The fourth-order valence-electron chi connectivity index (χ4n) is 8.77. The van der Waals surface area contributed by atoms with Crippen molar-refractivity contribution in [1.82, 2.24) is 0 Å². The molecule has 3 aromatic heterocycles. The van der Waals surface area contributed by atoms with E-state index in [1.165, 1.54) is 38.2 Å². The van der Waals surface area contributed by atoms with Crippen molar-refractivity contribution >= 4 is 87.4 Å². The van der Waals surface area contributed by atoms with Crippen LogP contribution in [0.15, 0.2) is 183 Å². The molecular formula is C50H28O3. The van der Waals surface area contributed by atoms with Crippen molar-refractivity contribution in [3.8, 4) is 33.4 Å². The summed E-state index contributed by atoms with van der Waals surface area (Å²) in [4.78, 5) is 0. The lowest BCUT2D eigenvalue weighted by Gasteiger charge is -2.19. The van der Waals surface area contributed by atoms with E-state index in [1.54, 1.807) is 0 Å². The number of fused-ring (bicyclic) bond motifs is 11. The summed E-state index contributed by atoms with van der Waals surface area (Å²) in [5, 5.41) is 11.5. The Kier molecular flexibility index (Phi) is 5.77. The molecule has 0 aliphatic heterocycles. The monoisotopic (exact) mass is 676 g/mol. The summed E-state index contributed by atoms with van der Waals surface area (Å²) in [5.74, 6) is 0. The van der Waals surface area contributed by atoms with Crippen LogP contribution in [0.2, 0.25) is 0 Å². The summed E-state index contributed by atoms with van der Waals surface area (Å²) in [5.41, 5.74) is 12.2. The summed E-state index contributed by atoms with van der Waals surface area (Å²) in [6.07, 6.45) is 0. The second kappa shape index (κ2) is 10.7. The Morgan fingerprint density at radius 1 is 0.264 bits per heavy atom. The first-order valence-electron chi connectivity index (χ1n) is 18.0. The molecule has 3 heteroatoms. The van der Waals surface area contributed by atoms with Gasteiger partial charge in [-0.15, -0.1) is 0 Å². The fourth-order valence-corrected chi connectivity index (χ4v) is 8.77. The first-order valence-corrected chi connectivity index (χ1v) is 18.0. The Morgan fingerprint density at radius 2 is 0.679 bits per heavy atom. The van der Waals surface area contributed by atoms with Crippen LogP contribution in [0, 0.1) is 0 Å². The maximum atomic E-state index is 6.83. The van der Waals surface area contributed by atoms with E-state index in [1.807, 2.05) is 30.3 Å². The van der Waals surface area contributed by atoms with Gasteiger partial charge in [0.05, 0.1) is 0 Å². The molecule has 53 heavy (non-hydrogen) atoms. The molecule has 12 rings (SSSR count). The topological polar surface area (TPSA) is 39.4 Å². The summed E-state index contributed by atoms with van der Waals surface area (Å²) < 4.78 is 19.2. The maximum Gasteiger partial charge on any atom is 0.143 e. The summed E-state index contributed by atoms with van der Waals surface area (Å²) >= 11 is 0. The van der Waals surface area contributed by atoms with Crippen molar-refractivity contribution in [3.63, 3.8) is 0 Å². The van der Waals surface area contributed by atoms with E-state index in [2.05, 4.69) is 140 Å². The molecule has 0 aliphatic carbocycles. The Morgan fingerprint density at radius 3 is 1.26 bits per heavy atom. The third-order valence-corrected chi connectivity index (χ3v) is 11.1. The van der Waals surface area contributed by atoms with E-state index in [0.29, 0.717) is 0 Å². The van der Waals surface area contributed by atoms with Gasteiger partial charge in [0.25, 0.3) is 0 Å². The first kappa shape index (κ1) is 28.6. The van der Waals surface area contributed by atoms with Gasteiger partial charge in [-0.25, -0.2) is 0 Å². The van der Waals surface area contributed by atoms with Crippen LogP contribution in [-0.4, -0.2) is 0 Å². The Balaban J connectivity index is 1.16. The quantitative estimate of drug-likeness (QED) is 0.175. The number of hydrogen-bond acceptors (Lipinski definition) is 3. The number of furan rings is 3. The predicted molar refractivity (Wildman–Crippen MR) is 220 cm³/mol. The van der Waals surface area contributed by atoms with Gasteiger partial charge in [0.15, 0.2) is 0 Å². The van der Waals surface area contributed by atoms with Gasteiger partial charge in [0.1, 0.15) is 33.5 Å². The Bertz CT molecular complexity index is 3410. The highest BCUT2D eigenvalue weighted by Crippen LogP contribution is 2.49. The largest absolute Gasteiger partial charge is 0.456 e. The summed E-state index contributed by atoms with van der Waals surface area (Å²) in [6, 6.07) is 60.2. The highest BCUT2D eigenvalue weighted by molar-refractivity contribution is 6.27. The zero-order valence-electron chi connectivity index (χ0n) is 28.4. The predicted octanol–water partition coefficient (Wildman–Crippen LogP) is 14.7. The molecule has 12 aromatic rings. The van der Waals surface area contributed by atoms with Gasteiger partial charge in [-0.3, -0.25) is 0 Å². The molecule has 0 saturated heterocycles. The van der Waals surface area contributed by atoms with Crippen LogP contribution in [0.5, 0.6) is 0 Å². The van der Waals surface area contributed by atoms with Crippen LogP contribution >= 0.6 is 0 Å². The average molecular weight is 677 g/mol. The molecule has 3 nitrogen and oxygen atoms in total. The molecule has 0 amide bonds. The second-order valence-electron chi connectivity index (χ2n) is 13.9. The molecule has 0 spiro atoms. The van der Waals surface area contributed by atoms with Crippen LogP contribution in [-0.2, 0) is 0 Å². The van der Waals surface area contributed by atoms with Crippen molar-refractivity contribution in [3.05, 3.63) is 170 Å². The molecule has 3 heterocycles. The standard InChI is InChI=1S/C50H28O3/c1-3-15-36-34(13-1)47(30-22-26-46-41(28-30)33-12-6-9-19-43(33)52-46)35-14-2-4-16-37(35)48(36)39-24-23-31(50-49(39)38-17-7-10-20-44(38)53-50)29-21-25-45-40(27-29)32-11-5-8-18-42(32)51-45/h1-28H. The highest BCUT2D eigenvalue weighted by atomic mass is 16.3. The molecule has 0 fully saturated rings.